The van der Waals surface area contributed by atoms with E-state index in [1.807, 2.05) is 24.3 Å². The molecule has 0 bridgehead atoms. The molecule has 0 atom stereocenters. The lowest BCUT2D eigenvalue weighted by molar-refractivity contribution is 0.103. The van der Waals surface area contributed by atoms with Crippen LogP contribution in [-0.2, 0) is 6.54 Å². The van der Waals surface area contributed by atoms with Crippen LogP contribution in [0.4, 0.5) is 4.39 Å². The van der Waals surface area contributed by atoms with Gasteiger partial charge in [0, 0.05) is 23.7 Å². The van der Waals surface area contributed by atoms with E-state index in [1.165, 1.54) is 25.4 Å². The molecule has 156 valence electrons. The molecule has 5 nitrogen and oxygen atoms in total. The van der Waals surface area contributed by atoms with Crippen LogP contribution in [0.15, 0.2) is 77.7 Å². The van der Waals surface area contributed by atoms with Gasteiger partial charge in [0.05, 0.1) is 25.3 Å². The lowest BCUT2D eigenvalue weighted by Crippen LogP contribution is -2.20. The topological polar surface area (TPSA) is 57.5 Å². The minimum absolute atomic E-state index is 0.0221. The molecule has 1 aromatic heterocycles. The third kappa shape index (κ3) is 4.05. The molecule has 4 rings (SSSR count). The van der Waals surface area contributed by atoms with Gasteiger partial charge in [-0.05, 0) is 60.2 Å². The van der Waals surface area contributed by atoms with Crippen LogP contribution in [0.2, 0.25) is 0 Å². The summed E-state index contributed by atoms with van der Waals surface area (Å²) in [6, 6.07) is 18.0. The van der Waals surface area contributed by atoms with E-state index in [0.29, 0.717) is 29.1 Å². The second-order valence-corrected chi connectivity index (χ2v) is 7.07. The van der Waals surface area contributed by atoms with Crippen molar-refractivity contribution in [1.82, 2.24) is 4.57 Å². The van der Waals surface area contributed by atoms with E-state index in [4.69, 9.17) is 9.47 Å². The van der Waals surface area contributed by atoms with Crippen LogP contribution in [-0.4, -0.2) is 24.6 Å². The number of ether oxygens (including phenoxy) is 2. The minimum Gasteiger partial charge on any atom is -0.497 e. The highest BCUT2D eigenvalue weighted by molar-refractivity contribution is 6.10. The van der Waals surface area contributed by atoms with Crippen LogP contribution in [0, 0.1) is 5.82 Å². The largest absolute Gasteiger partial charge is 0.497 e. The molecule has 0 aliphatic heterocycles. The van der Waals surface area contributed by atoms with Crippen molar-refractivity contribution in [2.24, 2.45) is 0 Å². The standard InChI is InChI=1S/C25H20FNO4/c1-30-19-9-6-17(7-10-19)24(28)22-15-27(14-16-4-3-5-20(12-16)31-2)23-11-8-18(26)13-21(23)25(22)29/h3-13,15H,14H2,1-2H3. The Bertz CT molecular complexity index is 1330. The van der Waals surface area contributed by atoms with Crippen molar-refractivity contribution in [2.75, 3.05) is 14.2 Å². The average molecular weight is 417 g/mol. The number of hydrogen-bond acceptors (Lipinski definition) is 4. The molecule has 3 aromatic carbocycles. The number of pyridine rings is 1. The summed E-state index contributed by atoms with van der Waals surface area (Å²) in [5, 5.41) is 0.155. The van der Waals surface area contributed by atoms with E-state index in [1.54, 1.807) is 42.0 Å². The molecular weight excluding hydrogens is 397 g/mol. The number of halogens is 1. The highest BCUT2D eigenvalue weighted by atomic mass is 19.1. The third-order valence-electron chi connectivity index (χ3n) is 5.13. The van der Waals surface area contributed by atoms with Crippen molar-refractivity contribution in [2.45, 2.75) is 6.54 Å². The maximum atomic E-state index is 13.9. The van der Waals surface area contributed by atoms with E-state index < -0.39 is 17.0 Å². The van der Waals surface area contributed by atoms with Gasteiger partial charge in [-0.25, -0.2) is 4.39 Å². The maximum absolute atomic E-state index is 13.9. The van der Waals surface area contributed by atoms with Crippen LogP contribution >= 0.6 is 0 Å². The first-order valence-electron chi connectivity index (χ1n) is 9.64. The Hall–Kier alpha value is -3.93. The van der Waals surface area contributed by atoms with Gasteiger partial charge < -0.3 is 14.0 Å². The number of hydrogen-bond donors (Lipinski definition) is 0. The molecule has 31 heavy (non-hydrogen) atoms. The Morgan fingerprint density at radius 2 is 1.68 bits per heavy atom. The lowest BCUT2D eigenvalue weighted by Gasteiger charge is -2.14. The van der Waals surface area contributed by atoms with Crippen molar-refractivity contribution in [3.63, 3.8) is 0 Å². The monoisotopic (exact) mass is 417 g/mol. The number of aromatic nitrogens is 1. The molecule has 0 aliphatic rings. The predicted molar refractivity (Wildman–Crippen MR) is 117 cm³/mol. The van der Waals surface area contributed by atoms with Crippen LogP contribution in [0.25, 0.3) is 10.9 Å². The first-order valence-corrected chi connectivity index (χ1v) is 9.64. The fourth-order valence-corrected chi connectivity index (χ4v) is 3.53. The molecule has 0 radical (unpaired) electrons. The summed E-state index contributed by atoms with van der Waals surface area (Å²) >= 11 is 0. The smallest absolute Gasteiger partial charge is 0.200 e. The molecule has 0 saturated carbocycles. The quantitative estimate of drug-likeness (QED) is 0.436. The minimum atomic E-state index is -0.536. The second kappa shape index (κ2) is 8.44. The van der Waals surface area contributed by atoms with E-state index in [-0.39, 0.29) is 10.9 Å². The number of ketones is 1. The van der Waals surface area contributed by atoms with Crippen molar-refractivity contribution < 1.29 is 18.7 Å². The molecule has 1 heterocycles. The number of carbonyl (C=O) groups is 1. The second-order valence-electron chi connectivity index (χ2n) is 7.07. The van der Waals surface area contributed by atoms with Crippen molar-refractivity contribution in [3.05, 3.63) is 106 Å². The number of methoxy groups -OCH3 is 2. The summed E-state index contributed by atoms with van der Waals surface area (Å²) in [6.07, 6.45) is 1.54. The Labute approximate surface area is 178 Å². The number of carbonyl (C=O) groups excluding carboxylic acids is 1. The number of rotatable bonds is 6. The zero-order chi connectivity index (χ0) is 22.0. The van der Waals surface area contributed by atoms with Crippen molar-refractivity contribution in [3.8, 4) is 11.5 Å². The van der Waals surface area contributed by atoms with Crippen LogP contribution in [0.3, 0.4) is 0 Å². The normalized spacial score (nSPS) is 10.8. The van der Waals surface area contributed by atoms with Gasteiger partial charge >= 0.3 is 0 Å². The van der Waals surface area contributed by atoms with E-state index in [9.17, 15) is 14.0 Å². The van der Waals surface area contributed by atoms with Gasteiger partial charge in [0.1, 0.15) is 17.3 Å². The van der Waals surface area contributed by atoms with Crippen LogP contribution < -0.4 is 14.9 Å². The van der Waals surface area contributed by atoms with Gasteiger partial charge in [-0.2, -0.15) is 0 Å². The summed E-state index contributed by atoms with van der Waals surface area (Å²) in [4.78, 5) is 26.2. The van der Waals surface area contributed by atoms with Gasteiger partial charge in [0.15, 0.2) is 5.78 Å². The van der Waals surface area contributed by atoms with E-state index in [0.717, 1.165) is 5.56 Å². The highest BCUT2D eigenvalue weighted by Crippen LogP contribution is 2.20. The molecule has 0 amide bonds. The molecule has 0 aliphatic carbocycles. The molecule has 0 saturated heterocycles. The number of benzene rings is 3. The fraction of sp³-hybridized carbons (Fsp3) is 0.120. The first kappa shape index (κ1) is 20.3. The predicted octanol–water partition coefficient (Wildman–Crippen LogP) is 4.44. The van der Waals surface area contributed by atoms with Crippen LogP contribution in [0.1, 0.15) is 21.5 Å². The fourth-order valence-electron chi connectivity index (χ4n) is 3.53. The molecule has 4 aromatic rings. The molecule has 0 spiro atoms. The Kier molecular flexibility index (Phi) is 5.54. The van der Waals surface area contributed by atoms with Crippen LogP contribution in [0.5, 0.6) is 11.5 Å². The SMILES string of the molecule is COc1ccc(C(=O)c2cn(Cc3cccc(OC)c3)c3ccc(F)cc3c2=O)cc1. The molecular formula is C25H20FNO4. The van der Waals surface area contributed by atoms with Gasteiger partial charge in [-0.15, -0.1) is 0 Å². The Morgan fingerprint density at radius 3 is 2.39 bits per heavy atom. The molecule has 0 fully saturated rings. The highest BCUT2D eigenvalue weighted by Gasteiger charge is 2.18. The van der Waals surface area contributed by atoms with Gasteiger partial charge in [0.25, 0.3) is 0 Å². The Balaban J connectivity index is 1.86. The number of fused-ring (bicyclic) bond motifs is 1. The van der Waals surface area contributed by atoms with E-state index >= 15 is 0 Å². The Morgan fingerprint density at radius 1 is 0.935 bits per heavy atom. The van der Waals surface area contributed by atoms with E-state index in [2.05, 4.69) is 0 Å². The lowest BCUT2D eigenvalue weighted by atomic mass is 10.0. The first-order chi connectivity index (χ1) is 15.0. The maximum Gasteiger partial charge on any atom is 0.200 e. The molecule has 0 unspecified atom stereocenters. The van der Waals surface area contributed by atoms with Crippen molar-refractivity contribution in [1.29, 1.82) is 0 Å². The third-order valence-corrected chi connectivity index (χ3v) is 5.13. The summed E-state index contributed by atoms with van der Waals surface area (Å²) in [6.45, 7) is 0.377. The molecule has 6 heteroatoms. The van der Waals surface area contributed by atoms with Gasteiger partial charge in [0.2, 0.25) is 5.43 Å². The average Bonchev–Trinajstić information content (AvgIpc) is 2.80. The zero-order valence-corrected chi connectivity index (χ0v) is 17.1. The zero-order valence-electron chi connectivity index (χ0n) is 17.1. The molecule has 0 N–H and O–H groups in total. The van der Waals surface area contributed by atoms with Gasteiger partial charge in [-0.3, -0.25) is 9.59 Å². The number of nitrogens with zero attached hydrogens (tertiary/aromatic N) is 1. The van der Waals surface area contributed by atoms with Gasteiger partial charge in [-0.1, -0.05) is 12.1 Å². The summed E-state index contributed by atoms with van der Waals surface area (Å²) in [5.41, 5.74) is 1.28. The summed E-state index contributed by atoms with van der Waals surface area (Å²) < 4.78 is 26.1. The summed E-state index contributed by atoms with van der Waals surface area (Å²) in [7, 11) is 3.12. The summed E-state index contributed by atoms with van der Waals surface area (Å²) in [5.74, 6) is 0.334. The van der Waals surface area contributed by atoms with Crippen molar-refractivity contribution >= 4 is 16.7 Å².